The molecule has 7 nitrogen and oxygen atoms in total. The molecule has 1 saturated heterocycles. The number of rotatable bonds is 12. The number of piperazine rings is 1. The molecule has 1 aliphatic rings. The Kier molecular flexibility index (Phi) is 11.5. The van der Waals surface area contributed by atoms with Gasteiger partial charge in [-0.15, -0.1) is 0 Å². The van der Waals surface area contributed by atoms with Gasteiger partial charge in [0.25, 0.3) is 0 Å². The predicted octanol–water partition coefficient (Wildman–Crippen LogP) is 1.33. The Balaban J connectivity index is 1.52. The van der Waals surface area contributed by atoms with E-state index >= 15 is 0 Å². The highest BCUT2D eigenvalue weighted by Crippen LogP contribution is 2.15. The van der Waals surface area contributed by atoms with Crippen LogP contribution in [0.15, 0.2) is 35.3 Å². The number of nitrogens with one attached hydrogen (secondary N) is 2. The quantitative estimate of drug-likeness (QED) is 0.311. The highest BCUT2D eigenvalue weighted by atomic mass is 16.5. The van der Waals surface area contributed by atoms with Crippen LogP contribution in [0, 0.1) is 0 Å². The molecule has 2 N–H and O–H groups in total. The predicted molar refractivity (Wildman–Crippen MR) is 123 cm³/mol. The minimum absolute atomic E-state index is 0.822. The molecule has 0 spiro atoms. The van der Waals surface area contributed by atoms with E-state index in [9.17, 15) is 0 Å². The molecule has 0 radical (unpaired) electrons. The smallest absolute Gasteiger partial charge is 0.191 e. The van der Waals surface area contributed by atoms with Gasteiger partial charge in [-0.3, -0.25) is 9.89 Å². The molecule has 1 heterocycles. The van der Waals surface area contributed by atoms with Crippen LogP contribution in [0.5, 0.6) is 0 Å². The van der Waals surface area contributed by atoms with Gasteiger partial charge in [-0.25, -0.2) is 0 Å². The third kappa shape index (κ3) is 9.47. The zero-order valence-electron chi connectivity index (χ0n) is 18.6. The van der Waals surface area contributed by atoms with Crippen LogP contribution in [-0.2, 0) is 4.74 Å². The van der Waals surface area contributed by atoms with Gasteiger partial charge in [0, 0.05) is 78.8 Å². The zero-order chi connectivity index (χ0) is 20.7. The minimum atomic E-state index is 0.822. The number of para-hydroxylation sites is 1. The number of methoxy groups -OCH3 is 1. The highest BCUT2D eigenvalue weighted by Gasteiger charge is 2.16. The number of anilines is 1. The second-order valence-electron chi connectivity index (χ2n) is 7.59. The Morgan fingerprint density at radius 2 is 1.76 bits per heavy atom. The van der Waals surface area contributed by atoms with Crippen LogP contribution < -0.4 is 15.5 Å². The number of aliphatic imine (C=N–C) groups is 1. The molecular weight excluding hydrogens is 364 g/mol. The average Bonchev–Trinajstić information content (AvgIpc) is 2.76. The van der Waals surface area contributed by atoms with Crippen LogP contribution in [0.2, 0.25) is 0 Å². The van der Waals surface area contributed by atoms with E-state index in [-0.39, 0.29) is 0 Å². The first-order valence-electron chi connectivity index (χ1n) is 10.9. The first-order valence-corrected chi connectivity index (χ1v) is 10.9. The monoisotopic (exact) mass is 404 g/mol. The molecule has 0 amide bonds. The molecular formula is C22H40N6O. The Morgan fingerprint density at radius 1 is 1.03 bits per heavy atom. The Hall–Kier alpha value is -1.83. The van der Waals surface area contributed by atoms with Crippen molar-refractivity contribution in [1.82, 2.24) is 20.4 Å². The molecule has 2 rings (SSSR count). The van der Waals surface area contributed by atoms with Crippen molar-refractivity contribution in [3.8, 4) is 0 Å². The summed E-state index contributed by atoms with van der Waals surface area (Å²) < 4.78 is 5.10. The number of ether oxygens (including phenoxy) is 1. The SMILES string of the molecule is CN=C(NCCCN1CCN(c2ccccc2)CC1)NCCN(C)CCCOC. The van der Waals surface area contributed by atoms with Crippen molar-refractivity contribution in [3.63, 3.8) is 0 Å². The summed E-state index contributed by atoms with van der Waals surface area (Å²) >= 11 is 0. The first-order chi connectivity index (χ1) is 14.2. The molecule has 0 atom stereocenters. The van der Waals surface area contributed by atoms with Crippen molar-refractivity contribution < 1.29 is 4.74 Å². The van der Waals surface area contributed by atoms with Crippen molar-refractivity contribution in [2.24, 2.45) is 4.99 Å². The number of likely N-dealkylation sites (N-methyl/N-ethyl adjacent to an activating group) is 1. The van der Waals surface area contributed by atoms with Crippen molar-refractivity contribution in [2.75, 3.05) is 91.6 Å². The van der Waals surface area contributed by atoms with Gasteiger partial charge in [-0.1, -0.05) is 18.2 Å². The van der Waals surface area contributed by atoms with Gasteiger partial charge in [0.2, 0.25) is 0 Å². The fraction of sp³-hybridized carbons (Fsp3) is 0.682. The minimum Gasteiger partial charge on any atom is -0.385 e. The topological polar surface area (TPSA) is 55.4 Å². The van der Waals surface area contributed by atoms with E-state index in [0.717, 1.165) is 84.3 Å². The molecule has 0 unspecified atom stereocenters. The van der Waals surface area contributed by atoms with Crippen molar-refractivity contribution >= 4 is 11.6 Å². The lowest BCUT2D eigenvalue weighted by molar-refractivity contribution is 0.180. The van der Waals surface area contributed by atoms with Gasteiger partial charge in [-0.05, 0) is 38.6 Å². The summed E-state index contributed by atoms with van der Waals surface area (Å²) in [6.07, 6.45) is 2.20. The summed E-state index contributed by atoms with van der Waals surface area (Å²) in [5.41, 5.74) is 1.34. The molecule has 1 aromatic carbocycles. The number of hydrogen-bond donors (Lipinski definition) is 2. The summed E-state index contributed by atoms with van der Waals surface area (Å²) in [5.74, 6) is 0.893. The number of hydrogen-bond acceptors (Lipinski definition) is 5. The molecule has 1 aromatic rings. The van der Waals surface area contributed by atoms with Gasteiger partial charge in [0.1, 0.15) is 0 Å². The lowest BCUT2D eigenvalue weighted by Gasteiger charge is -2.36. The Morgan fingerprint density at radius 3 is 2.45 bits per heavy atom. The van der Waals surface area contributed by atoms with E-state index < -0.39 is 0 Å². The lowest BCUT2D eigenvalue weighted by atomic mass is 10.2. The van der Waals surface area contributed by atoms with E-state index in [4.69, 9.17) is 4.74 Å². The zero-order valence-corrected chi connectivity index (χ0v) is 18.6. The van der Waals surface area contributed by atoms with Crippen molar-refractivity contribution in [1.29, 1.82) is 0 Å². The summed E-state index contributed by atoms with van der Waals surface area (Å²) in [6, 6.07) is 10.7. The van der Waals surface area contributed by atoms with E-state index in [1.165, 1.54) is 5.69 Å². The summed E-state index contributed by atoms with van der Waals surface area (Å²) in [5, 5.41) is 6.83. The maximum Gasteiger partial charge on any atom is 0.191 e. The summed E-state index contributed by atoms with van der Waals surface area (Å²) in [4.78, 5) is 11.7. The maximum absolute atomic E-state index is 5.10. The Bertz CT molecular complexity index is 560. The van der Waals surface area contributed by atoms with Crippen LogP contribution in [-0.4, -0.2) is 102 Å². The van der Waals surface area contributed by atoms with E-state index in [1.807, 2.05) is 7.05 Å². The molecule has 0 saturated carbocycles. The lowest BCUT2D eigenvalue weighted by Crippen LogP contribution is -2.47. The fourth-order valence-corrected chi connectivity index (χ4v) is 3.55. The van der Waals surface area contributed by atoms with Crippen LogP contribution in [0.25, 0.3) is 0 Å². The van der Waals surface area contributed by atoms with Crippen LogP contribution in [0.4, 0.5) is 5.69 Å². The van der Waals surface area contributed by atoms with Crippen LogP contribution >= 0.6 is 0 Å². The van der Waals surface area contributed by atoms with Crippen molar-refractivity contribution in [2.45, 2.75) is 12.8 Å². The van der Waals surface area contributed by atoms with Gasteiger partial charge in [0.15, 0.2) is 5.96 Å². The van der Waals surface area contributed by atoms with Crippen molar-refractivity contribution in [3.05, 3.63) is 30.3 Å². The van der Waals surface area contributed by atoms with Crippen LogP contribution in [0.1, 0.15) is 12.8 Å². The average molecular weight is 405 g/mol. The number of nitrogens with zero attached hydrogens (tertiary/aromatic N) is 4. The summed E-state index contributed by atoms with van der Waals surface area (Å²) in [7, 11) is 5.73. The largest absolute Gasteiger partial charge is 0.385 e. The molecule has 29 heavy (non-hydrogen) atoms. The molecule has 1 aliphatic heterocycles. The second kappa shape index (κ2) is 14.2. The second-order valence-corrected chi connectivity index (χ2v) is 7.59. The molecule has 164 valence electrons. The number of benzene rings is 1. The van der Waals surface area contributed by atoms with Gasteiger partial charge in [-0.2, -0.15) is 0 Å². The Labute approximate surface area is 177 Å². The summed E-state index contributed by atoms with van der Waals surface area (Å²) in [6.45, 7) is 10.3. The molecule has 0 aliphatic carbocycles. The maximum atomic E-state index is 5.10. The molecule has 1 fully saturated rings. The fourth-order valence-electron chi connectivity index (χ4n) is 3.55. The van der Waals surface area contributed by atoms with E-state index in [0.29, 0.717) is 0 Å². The van der Waals surface area contributed by atoms with E-state index in [1.54, 1.807) is 7.11 Å². The molecule has 0 bridgehead atoms. The van der Waals surface area contributed by atoms with Gasteiger partial charge < -0.3 is 25.2 Å². The van der Waals surface area contributed by atoms with Crippen LogP contribution in [0.3, 0.4) is 0 Å². The first kappa shape index (κ1) is 23.4. The van der Waals surface area contributed by atoms with E-state index in [2.05, 4.69) is 67.7 Å². The molecule has 0 aromatic heterocycles. The standard InChI is InChI=1S/C22H40N6O/c1-23-22(25-12-15-26(2)13-8-20-29-3)24-11-7-14-27-16-18-28(19-17-27)21-9-5-4-6-10-21/h4-6,9-10H,7-8,11-20H2,1-3H3,(H2,23,24,25). The third-order valence-electron chi connectivity index (χ3n) is 5.34. The van der Waals surface area contributed by atoms with Gasteiger partial charge >= 0.3 is 0 Å². The highest BCUT2D eigenvalue weighted by molar-refractivity contribution is 5.79. The molecule has 7 heteroatoms. The van der Waals surface area contributed by atoms with Gasteiger partial charge in [0.05, 0.1) is 0 Å². The third-order valence-corrected chi connectivity index (χ3v) is 5.34. The normalized spacial score (nSPS) is 15.7. The number of guanidine groups is 1.